The molecule has 0 aromatic carbocycles. The molecule has 1 aliphatic carbocycles. The lowest BCUT2D eigenvalue weighted by Crippen LogP contribution is -2.47. The Morgan fingerprint density at radius 1 is 1.10 bits per heavy atom. The second kappa shape index (κ2) is 7.90. The van der Waals surface area contributed by atoms with E-state index in [4.69, 9.17) is 4.74 Å². The molecule has 1 saturated heterocycles. The molecule has 1 saturated carbocycles. The molecule has 0 aromatic rings. The first kappa shape index (κ1) is 17.2. The van der Waals surface area contributed by atoms with E-state index in [2.05, 4.69) is 12.2 Å². The molecule has 21 heavy (non-hydrogen) atoms. The number of hydrogen-bond acceptors (Lipinski definition) is 4. The Hall–Kier alpha value is -0.170. The highest BCUT2D eigenvalue weighted by Gasteiger charge is 2.36. The minimum atomic E-state index is -3.16. The SMILES string of the molecule is CCCNC1CCC(N(C)S(=O)(=O)C2CCOCC2)CC1. The summed E-state index contributed by atoms with van der Waals surface area (Å²) in [5, 5.41) is 3.31. The van der Waals surface area contributed by atoms with Crippen LogP contribution in [0.25, 0.3) is 0 Å². The van der Waals surface area contributed by atoms with Crippen LogP contribution in [0.1, 0.15) is 51.9 Å². The Balaban J connectivity index is 1.87. The normalized spacial score (nSPS) is 28.9. The Labute approximate surface area is 129 Å². The van der Waals surface area contributed by atoms with Crippen LogP contribution in [0.2, 0.25) is 0 Å². The highest BCUT2D eigenvalue weighted by atomic mass is 32.2. The lowest BCUT2D eigenvalue weighted by atomic mass is 9.91. The maximum Gasteiger partial charge on any atom is 0.217 e. The molecular weight excluding hydrogens is 288 g/mol. The van der Waals surface area contributed by atoms with Gasteiger partial charge in [0.2, 0.25) is 10.0 Å². The number of nitrogens with one attached hydrogen (secondary N) is 1. The van der Waals surface area contributed by atoms with E-state index in [9.17, 15) is 8.42 Å². The molecule has 124 valence electrons. The highest BCUT2D eigenvalue weighted by Crippen LogP contribution is 2.27. The van der Waals surface area contributed by atoms with Crippen LogP contribution in [0.3, 0.4) is 0 Å². The zero-order valence-corrected chi connectivity index (χ0v) is 14.2. The number of hydrogen-bond donors (Lipinski definition) is 1. The van der Waals surface area contributed by atoms with E-state index in [1.807, 2.05) is 0 Å². The van der Waals surface area contributed by atoms with E-state index < -0.39 is 10.0 Å². The summed E-state index contributed by atoms with van der Waals surface area (Å²) in [6.07, 6.45) is 6.54. The maximum atomic E-state index is 12.7. The van der Waals surface area contributed by atoms with Gasteiger partial charge in [-0.3, -0.25) is 0 Å². The molecule has 2 rings (SSSR count). The summed E-state index contributed by atoms with van der Waals surface area (Å²) in [5.74, 6) is 0. The van der Waals surface area contributed by atoms with Crippen LogP contribution < -0.4 is 5.32 Å². The van der Waals surface area contributed by atoms with Gasteiger partial charge in [0.25, 0.3) is 0 Å². The fourth-order valence-electron chi connectivity index (χ4n) is 3.41. The van der Waals surface area contributed by atoms with Crippen molar-refractivity contribution < 1.29 is 13.2 Å². The van der Waals surface area contributed by atoms with Crippen molar-refractivity contribution in [2.45, 2.75) is 69.2 Å². The van der Waals surface area contributed by atoms with Gasteiger partial charge in [-0.15, -0.1) is 0 Å². The summed E-state index contributed by atoms with van der Waals surface area (Å²) >= 11 is 0. The largest absolute Gasteiger partial charge is 0.381 e. The van der Waals surface area contributed by atoms with E-state index in [1.165, 1.54) is 0 Å². The minimum Gasteiger partial charge on any atom is -0.381 e. The fraction of sp³-hybridized carbons (Fsp3) is 1.00. The summed E-state index contributed by atoms with van der Waals surface area (Å²) in [7, 11) is -1.39. The average molecular weight is 318 g/mol. The maximum absolute atomic E-state index is 12.7. The number of sulfonamides is 1. The topological polar surface area (TPSA) is 58.6 Å². The van der Waals surface area contributed by atoms with Gasteiger partial charge in [0.15, 0.2) is 0 Å². The predicted molar refractivity (Wildman–Crippen MR) is 84.9 cm³/mol. The highest BCUT2D eigenvalue weighted by molar-refractivity contribution is 7.89. The third-order valence-corrected chi connectivity index (χ3v) is 7.30. The number of ether oxygens (including phenoxy) is 1. The van der Waals surface area contributed by atoms with E-state index in [-0.39, 0.29) is 11.3 Å². The summed E-state index contributed by atoms with van der Waals surface area (Å²) in [6.45, 7) is 4.38. The Morgan fingerprint density at radius 3 is 2.29 bits per heavy atom. The minimum absolute atomic E-state index is 0.178. The molecule has 1 heterocycles. The quantitative estimate of drug-likeness (QED) is 0.810. The number of rotatable bonds is 6. The molecule has 1 N–H and O–H groups in total. The Kier molecular flexibility index (Phi) is 6.47. The van der Waals surface area contributed by atoms with E-state index in [0.717, 1.165) is 38.6 Å². The average Bonchev–Trinajstić information content (AvgIpc) is 2.53. The first-order valence-corrected chi connectivity index (χ1v) is 9.84. The van der Waals surface area contributed by atoms with Crippen LogP contribution in [-0.2, 0) is 14.8 Å². The summed E-state index contributed by atoms with van der Waals surface area (Å²) in [4.78, 5) is 0. The Bertz CT molecular complexity index is 399. The monoisotopic (exact) mass is 318 g/mol. The van der Waals surface area contributed by atoms with E-state index in [0.29, 0.717) is 32.1 Å². The molecule has 0 spiro atoms. The summed E-state index contributed by atoms with van der Waals surface area (Å²) in [5.41, 5.74) is 0. The summed E-state index contributed by atoms with van der Waals surface area (Å²) in [6, 6.07) is 0.748. The van der Waals surface area contributed by atoms with Gasteiger partial charge >= 0.3 is 0 Å². The van der Waals surface area contributed by atoms with Crippen molar-refractivity contribution in [2.75, 3.05) is 26.8 Å². The van der Waals surface area contributed by atoms with Crippen LogP contribution >= 0.6 is 0 Å². The van der Waals surface area contributed by atoms with Gasteiger partial charge in [0.1, 0.15) is 0 Å². The van der Waals surface area contributed by atoms with Crippen LogP contribution in [0.5, 0.6) is 0 Å². The zero-order chi connectivity index (χ0) is 15.3. The molecule has 2 aliphatic rings. The molecule has 0 atom stereocenters. The van der Waals surface area contributed by atoms with Crippen molar-refractivity contribution in [2.24, 2.45) is 0 Å². The molecular formula is C15H30N2O3S. The van der Waals surface area contributed by atoms with Crippen molar-refractivity contribution in [3.05, 3.63) is 0 Å². The third-order valence-electron chi connectivity index (χ3n) is 4.88. The summed E-state index contributed by atoms with van der Waals surface area (Å²) < 4.78 is 32.3. The van der Waals surface area contributed by atoms with Crippen LogP contribution in [0.15, 0.2) is 0 Å². The van der Waals surface area contributed by atoms with Crippen molar-refractivity contribution >= 4 is 10.0 Å². The van der Waals surface area contributed by atoms with E-state index in [1.54, 1.807) is 11.4 Å². The van der Waals surface area contributed by atoms with Crippen LogP contribution in [-0.4, -0.2) is 56.9 Å². The van der Waals surface area contributed by atoms with Gasteiger partial charge in [-0.25, -0.2) is 12.7 Å². The van der Waals surface area contributed by atoms with Gasteiger partial charge in [-0.1, -0.05) is 6.92 Å². The first-order chi connectivity index (χ1) is 10.1. The zero-order valence-electron chi connectivity index (χ0n) is 13.4. The van der Waals surface area contributed by atoms with Gasteiger partial charge in [-0.05, 0) is 51.5 Å². The van der Waals surface area contributed by atoms with Gasteiger partial charge in [-0.2, -0.15) is 0 Å². The standard InChI is InChI=1S/C15H30N2O3S/c1-3-10-16-13-4-6-14(7-5-13)17(2)21(18,19)15-8-11-20-12-9-15/h13-16H,3-12H2,1-2H3. The molecule has 0 amide bonds. The molecule has 1 aliphatic heterocycles. The second-order valence-electron chi connectivity index (χ2n) is 6.33. The molecule has 0 bridgehead atoms. The molecule has 0 radical (unpaired) electrons. The molecule has 0 unspecified atom stereocenters. The second-order valence-corrected chi connectivity index (χ2v) is 8.61. The van der Waals surface area contributed by atoms with Crippen molar-refractivity contribution in [3.63, 3.8) is 0 Å². The number of nitrogens with zero attached hydrogens (tertiary/aromatic N) is 1. The predicted octanol–water partition coefficient (Wildman–Crippen LogP) is 1.74. The molecule has 6 heteroatoms. The fourth-order valence-corrected chi connectivity index (χ4v) is 5.29. The lowest BCUT2D eigenvalue weighted by Gasteiger charge is -2.36. The Morgan fingerprint density at radius 2 is 1.71 bits per heavy atom. The smallest absolute Gasteiger partial charge is 0.217 e. The van der Waals surface area contributed by atoms with Gasteiger partial charge in [0.05, 0.1) is 5.25 Å². The van der Waals surface area contributed by atoms with Crippen molar-refractivity contribution in [3.8, 4) is 0 Å². The van der Waals surface area contributed by atoms with Crippen LogP contribution in [0.4, 0.5) is 0 Å². The van der Waals surface area contributed by atoms with Gasteiger partial charge < -0.3 is 10.1 Å². The van der Waals surface area contributed by atoms with Crippen LogP contribution in [0, 0.1) is 0 Å². The van der Waals surface area contributed by atoms with Crippen molar-refractivity contribution in [1.82, 2.24) is 9.62 Å². The molecule has 0 aromatic heterocycles. The molecule has 5 nitrogen and oxygen atoms in total. The van der Waals surface area contributed by atoms with Gasteiger partial charge in [0, 0.05) is 32.3 Å². The lowest BCUT2D eigenvalue weighted by molar-refractivity contribution is 0.0967. The molecule has 2 fully saturated rings. The first-order valence-electron chi connectivity index (χ1n) is 8.33. The van der Waals surface area contributed by atoms with Crippen molar-refractivity contribution in [1.29, 1.82) is 0 Å². The van der Waals surface area contributed by atoms with E-state index >= 15 is 0 Å². The third kappa shape index (κ3) is 4.41.